The van der Waals surface area contributed by atoms with Gasteiger partial charge in [0.15, 0.2) is 0 Å². The van der Waals surface area contributed by atoms with Gasteiger partial charge in [0.25, 0.3) is 5.91 Å². The maximum Gasteiger partial charge on any atom is 0.335 e. The van der Waals surface area contributed by atoms with E-state index in [1.54, 1.807) is 0 Å². The van der Waals surface area contributed by atoms with E-state index in [-0.39, 0.29) is 17.5 Å². The summed E-state index contributed by atoms with van der Waals surface area (Å²) < 4.78 is 0. The summed E-state index contributed by atoms with van der Waals surface area (Å²) in [6, 6.07) is 6.06. The van der Waals surface area contributed by atoms with Crippen LogP contribution in [0.15, 0.2) is 24.3 Å². The molecule has 0 aliphatic carbocycles. The van der Waals surface area contributed by atoms with Gasteiger partial charge >= 0.3 is 5.97 Å². The van der Waals surface area contributed by atoms with E-state index in [2.05, 4.69) is 12.2 Å². The Kier molecular flexibility index (Phi) is 6.42. The van der Waals surface area contributed by atoms with Gasteiger partial charge in [0.2, 0.25) is 0 Å². The Morgan fingerprint density at radius 3 is 2.37 bits per heavy atom. The number of carboxylic acid groups (broad SMARTS) is 1. The Labute approximate surface area is 117 Å². The predicted octanol–water partition coefficient (Wildman–Crippen LogP) is 2.65. The van der Waals surface area contributed by atoms with Gasteiger partial charge in [0, 0.05) is 11.6 Å². The highest BCUT2D eigenvalue weighted by atomic mass is 32.2. The van der Waals surface area contributed by atoms with Crippen LogP contribution in [0.25, 0.3) is 0 Å². The van der Waals surface area contributed by atoms with E-state index in [0.717, 1.165) is 17.9 Å². The zero-order valence-corrected chi connectivity index (χ0v) is 12.0. The molecule has 104 valence electrons. The largest absolute Gasteiger partial charge is 0.478 e. The molecule has 0 spiro atoms. The summed E-state index contributed by atoms with van der Waals surface area (Å²) in [4.78, 5) is 22.6. The van der Waals surface area contributed by atoms with Gasteiger partial charge in [-0.1, -0.05) is 6.92 Å². The van der Waals surface area contributed by atoms with Crippen LogP contribution >= 0.6 is 11.8 Å². The summed E-state index contributed by atoms with van der Waals surface area (Å²) in [5.74, 6) is 0.954. The highest BCUT2D eigenvalue weighted by Crippen LogP contribution is 2.07. The molecule has 0 heterocycles. The lowest BCUT2D eigenvalue weighted by molar-refractivity contribution is 0.0696. The lowest BCUT2D eigenvalue weighted by atomic mass is 10.1. The summed E-state index contributed by atoms with van der Waals surface area (Å²) in [7, 11) is 0. The van der Waals surface area contributed by atoms with Crippen molar-refractivity contribution in [2.24, 2.45) is 0 Å². The number of amides is 1. The van der Waals surface area contributed by atoms with E-state index >= 15 is 0 Å². The molecule has 0 bridgehead atoms. The minimum atomic E-state index is -0.989. The van der Waals surface area contributed by atoms with Crippen LogP contribution in [0, 0.1) is 0 Å². The average molecular weight is 281 g/mol. The standard InChI is InChI=1S/C14H19NO3S/c1-3-19-9-8-10(2)15-13(16)11-4-6-12(7-5-11)14(17)18/h4-7,10H,3,8-9H2,1-2H3,(H,15,16)(H,17,18). The van der Waals surface area contributed by atoms with Crippen molar-refractivity contribution in [2.75, 3.05) is 11.5 Å². The SMILES string of the molecule is CCSCCC(C)NC(=O)c1ccc(C(=O)O)cc1. The molecule has 0 saturated heterocycles. The first-order valence-electron chi connectivity index (χ1n) is 6.26. The van der Waals surface area contributed by atoms with E-state index in [1.165, 1.54) is 24.3 Å². The average Bonchev–Trinajstić information content (AvgIpc) is 2.39. The van der Waals surface area contributed by atoms with E-state index in [1.807, 2.05) is 18.7 Å². The fourth-order valence-electron chi connectivity index (χ4n) is 1.55. The first-order valence-corrected chi connectivity index (χ1v) is 7.42. The third-order valence-electron chi connectivity index (χ3n) is 2.67. The summed E-state index contributed by atoms with van der Waals surface area (Å²) in [5, 5.41) is 11.7. The van der Waals surface area contributed by atoms with E-state index in [9.17, 15) is 9.59 Å². The van der Waals surface area contributed by atoms with Crippen LogP contribution < -0.4 is 5.32 Å². The van der Waals surface area contributed by atoms with Crippen LogP contribution in [-0.2, 0) is 0 Å². The number of aromatic carboxylic acids is 1. The number of nitrogens with one attached hydrogen (secondary N) is 1. The van der Waals surface area contributed by atoms with Gasteiger partial charge in [-0.25, -0.2) is 4.79 Å². The second-order valence-corrected chi connectivity index (χ2v) is 5.64. The molecular formula is C14H19NO3S. The number of hydrogen-bond acceptors (Lipinski definition) is 3. The third kappa shape index (κ3) is 5.34. The number of carbonyl (C=O) groups excluding carboxylic acids is 1. The molecule has 0 radical (unpaired) electrons. The second-order valence-electron chi connectivity index (χ2n) is 4.24. The van der Waals surface area contributed by atoms with Gasteiger partial charge in [-0.15, -0.1) is 0 Å². The first kappa shape index (κ1) is 15.6. The molecule has 1 rings (SSSR count). The van der Waals surface area contributed by atoms with Crippen molar-refractivity contribution in [3.63, 3.8) is 0 Å². The molecule has 0 aromatic heterocycles. The number of hydrogen-bond donors (Lipinski definition) is 2. The van der Waals surface area contributed by atoms with Gasteiger partial charge < -0.3 is 10.4 Å². The minimum absolute atomic E-state index is 0.116. The van der Waals surface area contributed by atoms with Gasteiger partial charge in [-0.2, -0.15) is 11.8 Å². The number of rotatable bonds is 7. The molecular weight excluding hydrogens is 262 g/mol. The van der Waals surface area contributed by atoms with Gasteiger partial charge in [-0.05, 0) is 49.1 Å². The molecule has 1 aromatic carbocycles. The monoisotopic (exact) mass is 281 g/mol. The highest BCUT2D eigenvalue weighted by Gasteiger charge is 2.10. The van der Waals surface area contributed by atoms with Gasteiger partial charge in [-0.3, -0.25) is 4.79 Å². The number of carbonyl (C=O) groups is 2. The molecule has 0 saturated carbocycles. The maximum atomic E-state index is 11.9. The highest BCUT2D eigenvalue weighted by molar-refractivity contribution is 7.99. The molecule has 5 heteroatoms. The molecule has 1 atom stereocenters. The smallest absolute Gasteiger partial charge is 0.335 e. The topological polar surface area (TPSA) is 66.4 Å². The Morgan fingerprint density at radius 1 is 1.26 bits per heavy atom. The maximum absolute atomic E-state index is 11.9. The van der Waals surface area contributed by atoms with Crippen molar-refractivity contribution >= 4 is 23.6 Å². The predicted molar refractivity (Wildman–Crippen MR) is 77.9 cm³/mol. The van der Waals surface area contributed by atoms with Crippen molar-refractivity contribution in [1.29, 1.82) is 0 Å². The van der Waals surface area contributed by atoms with Crippen molar-refractivity contribution in [1.82, 2.24) is 5.32 Å². The molecule has 1 unspecified atom stereocenters. The second kappa shape index (κ2) is 7.84. The fraction of sp³-hybridized carbons (Fsp3) is 0.429. The molecule has 19 heavy (non-hydrogen) atoms. The number of carboxylic acids is 1. The van der Waals surface area contributed by atoms with Gasteiger partial charge in [0.05, 0.1) is 5.56 Å². The van der Waals surface area contributed by atoms with Crippen molar-refractivity contribution < 1.29 is 14.7 Å². The van der Waals surface area contributed by atoms with Crippen molar-refractivity contribution in [2.45, 2.75) is 26.3 Å². The molecule has 1 amide bonds. The quantitative estimate of drug-likeness (QED) is 0.754. The zero-order chi connectivity index (χ0) is 14.3. The molecule has 0 fully saturated rings. The Balaban J connectivity index is 2.51. The normalized spacial score (nSPS) is 11.9. The molecule has 4 nitrogen and oxygen atoms in total. The van der Waals surface area contributed by atoms with Crippen LogP contribution in [0.4, 0.5) is 0 Å². The van der Waals surface area contributed by atoms with Crippen molar-refractivity contribution in [3.8, 4) is 0 Å². The van der Waals surface area contributed by atoms with Crippen LogP contribution in [0.5, 0.6) is 0 Å². The summed E-state index contributed by atoms with van der Waals surface area (Å²) in [5.41, 5.74) is 0.670. The first-order chi connectivity index (χ1) is 9.04. The molecule has 0 aliphatic rings. The van der Waals surface area contributed by atoms with E-state index < -0.39 is 5.97 Å². The van der Waals surface area contributed by atoms with Crippen molar-refractivity contribution in [3.05, 3.63) is 35.4 Å². The fourth-order valence-corrected chi connectivity index (χ4v) is 2.36. The zero-order valence-electron chi connectivity index (χ0n) is 11.2. The van der Waals surface area contributed by atoms with E-state index in [4.69, 9.17) is 5.11 Å². The number of benzene rings is 1. The lowest BCUT2D eigenvalue weighted by Crippen LogP contribution is -2.32. The van der Waals surface area contributed by atoms with Crippen LogP contribution in [-0.4, -0.2) is 34.5 Å². The summed E-state index contributed by atoms with van der Waals surface area (Å²) >= 11 is 1.85. The molecule has 2 N–H and O–H groups in total. The van der Waals surface area contributed by atoms with Crippen LogP contribution in [0.1, 0.15) is 41.0 Å². The van der Waals surface area contributed by atoms with Gasteiger partial charge in [0.1, 0.15) is 0 Å². The van der Waals surface area contributed by atoms with Crippen LogP contribution in [0.3, 0.4) is 0 Å². The summed E-state index contributed by atoms with van der Waals surface area (Å²) in [6.07, 6.45) is 0.928. The lowest BCUT2D eigenvalue weighted by Gasteiger charge is -2.13. The Morgan fingerprint density at radius 2 is 1.84 bits per heavy atom. The Hall–Kier alpha value is -1.49. The minimum Gasteiger partial charge on any atom is -0.478 e. The Bertz CT molecular complexity index is 431. The molecule has 0 aliphatic heterocycles. The van der Waals surface area contributed by atoms with Crippen LogP contribution in [0.2, 0.25) is 0 Å². The summed E-state index contributed by atoms with van der Waals surface area (Å²) in [6.45, 7) is 4.08. The molecule has 1 aromatic rings. The third-order valence-corrected chi connectivity index (χ3v) is 3.60. The van der Waals surface area contributed by atoms with E-state index in [0.29, 0.717) is 5.56 Å². The number of thioether (sulfide) groups is 1.